The molecule has 1 fully saturated rings. The van der Waals surface area contributed by atoms with E-state index in [-0.39, 0.29) is 0 Å². The molecule has 1 unspecified atom stereocenters. The lowest BCUT2D eigenvalue weighted by Gasteiger charge is -2.17. The van der Waals surface area contributed by atoms with Crippen LogP contribution in [0.4, 0.5) is 13.2 Å². The average Bonchev–Trinajstić information content (AvgIpc) is 2.98. The van der Waals surface area contributed by atoms with Crippen LogP contribution >= 0.6 is 0 Å². The first-order valence-corrected chi connectivity index (χ1v) is 5.38. The zero-order valence-electron chi connectivity index (χ0n) is 8.80. The van der Waals surface area contributed by atoms with Gasteiger partial charge >= 0.3 is 6.18 Å². The van der Waals surface area contributed by atoms with Crippen molar-refractivity contribution >= 4 is 0 Å². The summed E-state index contributed by atoms with van der Waals surface area (Å²) in [6.45, 7) is 0. The third-order valence-corrected chi connectivity index (χ3v) is 2.86. The fraction of sp³-hybridized carbons (Fsp3) is 0.500. The summed E-state index contributed by atoms with van der Waals surface area (Å²) in [5.41, 5.74) is 7.28. The van der Waals surface area contributed by atoms with Crippen molar-refractivity contribution < 1.29 is 13.2 Å². The Kier molecular flexibility index (Phi) is 2.93. The van der Waals surface area contributed by atoms with Gasteiger partial charge in [0.25, 0.3) is 0 Å². The van der Waals surface area contributed by atoms with Gasteiger partial charge in [-0.1, -0.05) is 24.3 Å². The normalized spacial score (nSPS) is 18.5. The van der Waals surface area contributed by atoms with Crippen molar-refractivity contribution in [1.82, 2.24) is 0 Å². The molecule has 0 heterocycles. The highest BCUT2D eigenvalue weighted by molar-refractivity contribution is 5.35. The predicted octanol–water partition coefficient (Wildman–Crippen LogP) is 3.52. The Labute approximate surface area is 92.5 Å². The van der Waals surface area contributed by atoms with Gasteiger partial charge < -0.3 is 5.73 Å². The first-order chi connectivity index (χ1) is 7.47. The smallest absolute Gasteiger partial charge is 0.324 e. The van der Waals surface area contributed by atoms with Crippen LogP contribution in [0.25, 0.3) is 0 Å². The van der Waals surface area contributed by atoms with Crippen LogP contribution in [0.2, 0.25) is 0 Å². The molecular weight excluding hydrogens is 215 g/mol. The van der Waals surface area contributed by atoms with Gasteiger partial charge in [-0.2, -0.15) is 13.2 Å². The van der Waals surface area contributed by atoms with E-state index >= 15 is 0 Å². The Morgan fingerprint density at radius 1 is 1.25 bits per heavy atom. The van der Waals surface area contributed by atoms with Crippen molar-refractivity contribution in [3.05, 3.63) is 35.4 Å². The van der Waals surface area contributed by atoms with E-state index in [0.29, 0.717) is 11.5 Å². The first-order valence-electron chi connectivity index (χ1n) is 5.38. The molecule has 2 N–H and O–H groups in total. The van der Waals surface area contributed by atoms with E-state index in [9.17, 15) is 13.2 Å². The Bertz CT molecular complexity index is 369. The number of alkyl halides is 3. The summed E-state index contributed by atoms with van der Waals surface area (Å²) in [6.07, 6.45) is -3.02. The molecule has 0 aliphatic heterocycles. The molecule has 1 atom stereocenters. The van der Waals surface area contributed by atoms with E-state index < -0.39 is 18.6 Å². The predicted molar refractivity (Wildman–Crippen MR) is 56.0 cm³/mol. The molecular formula is C12H14F3N. The monoisotopic (exact) mass is 229 g/mol. The van der Waals surface area contributed by atoms with Crippen molar-refractivity contribution in [3.63, 3.8) is 0 Å². The molecule has 0 spiro atoms. The highest BCUT2D eigenvalue weighted by Gasteiger charge is 2.33. The number of nitrogens with two attached hydrogens (primary N) is 1. The topological polar surface area (TPSA) is 26.0 Å². The summed E-state index contributed by atoms with van der Waals surface area (Å²) >= 11 is 0. The van der Waals surface area contributed by atoms with Crippen LogP contribution in [0.5, 0.6) is 0 Å². The van der Waals surface area contributed by atoms with Crippen LogP contribution in [-0.4, -0.2) is 6.18 Å². The largest absolute Gasteiger partial charge is 0.390 e. The summed E-state index contributed by atoms with van der Waals surface area (Å²) in [6, 6.07) is 6.28. The number of hydrogen-bond donors (Lipinski definition) is 1. The Morgan fingerprint density at radius 2 is 1.88 bits per heavy atom. The maximum absolute atomic E-state index is 12.3. The van der Waals surface area contributed by atoms with Crippen molar-refractivity contribution in [2.45, 2.75) is 37.4 Å². The summed E-state index contributed by atoms with van der Waals surface area (Å²) in [7, 11) is 0. The second-order valence-corrected chi connectivity index (χ2v) is 4.33. The molecule has 1 aromatic carbocycles. The zero-order chi connectivity index (χ0) is 11.8. The van der Waals surface area contributed by atoms with Gasteiger partial charge in [0.15, 0.2) is 0 Å². The van der Waals surface area contributed by atoms with E-state index in [1.165, 1.54) is 0 Å². The average molecular weight is 229 g/mol. The number of hydrogen-bond acceptors (Lipinski definition) is 1. The van der Waals surface area contributed by atoms with E-state index in [0.717, 1.165) is 18.4 Å². The third kappa shape index (κ3) is 2.76. The van der Waals surface area contributed by atoms with Crippen molar-refractivity contribution in [2.24, 2.45) is 5.73 Å². The fourth-order valence-electron chi connectivity index (χ4n) is 1.97. The second kappa shape index (κ2) is 4.09. The van der Waals surface area contributed by atoms with Crippen molar-refractivity contribution in [2.75, 3.05) is 0 Å². The number of rotatable bonds is 3. The zero-order valence-corrected chi connectivity index (χ0v) is 8.80. The van der Waals surface area contributed by atoms with E-state index in [4.69, 9.17) is 5.73 Å². The molecule has 1 nitrogen and oxygen atoms in total. The highest BCUT2D eigenvalue weighted by Crippen LogP contribution is 2.43. The van der Waals surface area contributed by atoms with Gasteiger partial charge in [0.2, 0.25) is 0 Å². The molecule has 0 saturated heterocycles. The third-order valence-electron chi connectivity index (χ3n) is 2.86. The SMILES string of the molecule is NC(CC(F)(F)F)c1ccccc1C1CC1. The van der Waals surface area contributed by atoms with Gasteiger partial charge in [-0.25, -0.2) is 0 Å². The Balaban J connectivity index is 2.18. The number of benzene rings is 1. The molecule has 1 aliphatic rings. The summed E-state index contributed by atoms with van der Waals surface area (Å²) in [4.78, 5) is 0. The van der Waals surface area contributed by atoms with Gasteiger partial charge in [0.1, 0.15) is 0 Å². The summed E-state index contributed by atoms with van der Waals surface area (Å²) in [5, 5.41) is 0. The van der Waals surface area contributed by atoms with Gasteiger partial charge in [-0.15, -0.1) is 0 Å². The lowest BCUT2D eigenvalue weighted by molar-refractivity contribution is -0.138. The van der Waals surface area contributed by atoms with Crippen LogP contribution in [0, 0.1) is 0 Å². The molecule has 0 bridgehead atoms. The quantitative estimate of drug-likeness (QED) is 0.843. The fourth-order valence-corrected chi connectivity index (χ4v) is 1.97. The van der Waals surface area contributed by atoms with Crippen molar-refractivity contribution in [1.29, 1.82) is 0 Å². The van der Waals surface area contributed by atoms with Crippen LogP contribution in [0.3, 0.4) is 0 Å². The molecule has 2 rings (SSSR count). The van der Waals surface area contributed by atoms with E-state index in [1.54, 1.807) is 12.1 Å². The second-order valence-electron chi connectivity index (χ2n) is 4.33. The van der Waals surface area contributed by atoms with Gasteiger partial charge in [0, 0.05) is 6.04 Å². The molecule has 1 aliphatic carbocycles. The molecule has 88 valence electrons. The minimum atomic E-state index is -4.20. The van der Waals surface area contributed by atoms with Gasteiger partial charge in [-0.05, 0) is 29.9 Å². The molecule has 0 amide bonds. The maximum Gasteiger partial charge on any atom is 0.390 e. The van der Waals surface area contributed by atoms with E-state index in [2.05, 4.69) is 0 Å². The summed E-state index contributed by atoms with van der Waals surface area (Å²) < 4.78 is 36.8. The van der Waals surface area contributed by atoms with Crippen molar-refractivity contribution in [3.8, 4) is 0 Å². The standard InChI is InChI=1S/C12H14F3N/c13-12(14,15)7-11(16)10-4-2-1-3-9(10)8-5-6-8/h1-4,8,11H,5-7,16H2. The van der Waals surface area contributed by atoms with Crippen LogP contribution < -0.4 is 5.73 Å². The molecule has 16 heavy (non-hydrogen) atoms. The number of halogens is 3. The summed E-state index contributed by atoms with van der Waals surface area (Å²) in [5.74, 6) is 0.426. The Hall–Kier alpha value is -1.03. The molecule has 4 heteroatoms. The van der Waals surface area contributed by atoms with Gasteiger partial charge in [-0.3, -0.25) is 0 Å². The van der Waals surface area contributed by atoms with Crippen LogP contribution in [-0.2, 0) is 0 Å². The molecule has 1 saturated carbocycles. The van der Waals surface area contributed by atoms with E-state index in [1.807, 2.05) is 12.1 Å². The Morgan fingerprint density at radius 3 is 2.44 bits per heavy atom. The van der Waals surface area contributed by atoms with Crippen LogP contribution in [0.1, 0.15) is 42.3 Å². The first kappa shape index (κ1) is 11.5. The molecule has 0 radical (unpaired) electrons. The lowest BCUT2D eigenvalue weighted by Crippen LogP contribution is -2.21. The van der Waals surface area contributed by atoms with Crippen LogP contribution in [0.15, 0.2) is 24.3 Å². The molecule has 0 aromatic heterocycles. The lowest BCUT2D eigenvalue weighted by atomic mass is 9.96. The highest BCUT2D eigenvalue weighted by atomic mass is 19.4. The molecule has 1 aromatic rings. The minimum Gasteiger partial charge on any atom is -0.324 e. The van der Waals surface area contributed by atoms with Gasteiger partial charge in [0.05, 0.1) is 6.42 Å². The maximum atomic E-state index is 12.3. The minimum absolute atomic E-state index is 0.426.